The van der Waals surface area contributed by atoms with Crippen molar-refractivity contribution in [2.45, 2.75) is 24.2 Å². The third-order valence-electron chi connectivity index (χ3n) is 3.97. The van der Waals surface area contributed by atoms with Crippen LogP contribution in [0.2, 0.25) is 0 Å². The number of aryl methyl sites for hydroxylation is 1. The van der Waals surface area contributed by atoms with Gasteiger partial charge in [-0.05, 0) is 65.6 Å². The van der Waals surface area contributed by atoms with Gasteiger partial charge in [-0.1, -0.05) is 0 Å². The van der Waals surface area contributed by atoms with Crippen LogP contribution in [0.4, 0.5) is 5.00 Å². The third kappa shape index (κ3) is 3.49. The number of thiophene rings is 1. The number of fused-ring (bicyclic) bond motifs is 1. The molecule has 0 aliphatic heterocycles. The molecule has 134 valence electrons. The summed E-state index contributed by atoms with van der Waals surface area (Å²) in [5, 5.41) is 0.322. The van der Waals surface area contributed by atoms with E-state index in [-0.39, 0.29) is 4.90 Å². The molecule has 1 aromatic carbocycles. The quantitative estimate of drug-likeness (QED) is 0.510. The number of carbonyl (C=O) groups excluding carboxylic acids is 1. The molecule has 0 unspecified atom stereocenters. The first-order valence-corrected chi connectivity index (χ1v) is 10.8. The third-order valence-corrected chi connectivity index (χ3v) is 7.50. The van der Waals surface area contributed by atoms with Crippen LogP contribution in [0.1, 0.15) is 27.2 Å². The number of hydrogen-bond donors (Lipinski definition) is 1. The maximum Gasteiger partial charge on any atom is 0.341 e. The highest BCUT2D eigenvalue weighted by molar-refractivity contribution is 14.1. The van der Waals surface area contributed by atoms with Crippen LogP contribution in [-0.4, -0.2) is 28.6 Å². The predicted octanol–water partition coefficient (Wildman–Crippen LogP) is 3.44. The molecule has 2 aromatic rings. The van der Waals surface area contributed by atoms with E-state index in [1.807, 2.05) is 22.6 Å². The van der Waals surface area contributed by atoms with Crippen molar-refractivity contribution in [3.05, 3.63) is 37.8 Å². The van der Waals surface area contributed by atoms with Crippen LogP contribution in [0.3, 0.4) is 0 Å². The highest BCUT2D eigenvalue weighted by atomic mass is 127. The van der Waals surface area contributed by atoms with E-state index in [1.165, 1.54) is 37.7 Å². The van der Waals surface area contributed by atoms with Gasteiger partial charge in [-0.25, -0.2) is 13.2 Å². The van der Waals surface area contributed by atoms with Gasteiger partial charge in [0.15, 0.2) is 0 Å². The molecule has 1 aliphatic carbocycles. The Labute approximate surface area is 163 Å². The number of hydrogen-bond acceptors (Lipinski definition) is 6. The maximum atomic E-state index is 12.7. The van der Waals surface area contributed by atoms with Crippen LogP contribution in [0, 0.1) is 3.57 Å². The number of anilines is 1. The molecule has 25 heavy (non-hydrogen) atoms. The number of carbonyl (C=O) groups is 1. The van der Waals surface area contributed by atoms with Crippen LogP contribution >= 0.6 is 33.9 Å². The van der Waals surface area contributed by atoms with E-state index >= 15 is 0 Å². The number of methoxy groups -OCH3 is 2. The van der Waals surface area contributed by atoms with Crippen molar-refractivity contribution in [3.8, 4) is 5.75 Å². The van der Waals surface area contributed by atoms with Gasteiger partial charge < -0.3 is 9.47 Å². The lowest BCUT2D eigenvalue weighted by atomic mass is 10.1. The first-order chi connectivity index (χ1) is 11.9. The summed E-state index contributed by atoms with van der Waals surface area (Å²) in [7, 11) is -0.996. The van der Waals surface area contributed by atoms with Gasteiger partial charge in [0.2, 0.25) is 0 Å². The second-order valence-electron chi connectivity index (χ2n) is 5.45. The molecule has 1 aliphatic rings. The van der Waals surface area contributed by atoms with Gasteiger partial charge in [-0.3, -0.25) is 4.72 Å². The van der Waals surface area contributed by atoms with E-state index in [4.69, 9.17) is 9.47 Å². The van der Waals surface area contributed by atoms with Crippen molar-refractivity contribution in [2.24, 2.45) is 0 Å². The van der Waals surface area contributed by atoms with Crippen molar-refractivity contribution < 1.29 is 22.7 Å². The molecular formula is C16H16INO5S2. The van der Waals surface area contributed by atoms with Crippen LogP contribution in [0.5, 0.6) is 5.75 Å². The minimum atomic E-state index is -3.82. The molecule has 0 spiro atoms. The average molecular weight is 493 g/mol. The standard InChI is InChI=1S/C16H16INO5S2/c1-22-12-7-6-9(8-11(12)17)25(20,21)18-15-14(16(19)23-2)10-4-3-5-13(10)24-15/h6-8,18H,3-5H2,1-2H3. The average Bonchev–Trinajstić information content (AvgIpc) is 3.14. The zero-order valence-electron chi connectivity index (χ0n) is 13.6. The van der Waals surface area contributed by atoms with Gasteiger partial charge in [0.05, 0.1) is 28.2 Å². The predicted molar refractivity (Wildman–Crippen MR) is 104 cm³/mol. The lowest BCUT2D eigenvalue weighted by molar-refractivity contribution is 0.0601. The molecule has 0 fully saturated rings. The summed E-state index contributed by atoms with van der Waals surface area (Å²) in [5.74, 6) is 0.0892. The Morgan fingerprint density at radius 3 is 2.68 bits per heavy atom. The number of ether oxygens (including phenoxy) is 2. The first-order valence-electron chi connectivity index (χ1n) is 7.46. The molecule has 0 saturated heterocycles. The number of halogens is 1. The molecule has 1 heterocycles. The SMILES string of the molecule is COC(=O)c1c(NS(=O)(=O)c2ccc(OC)c(I)c2)sc2c1CCC2. The summed E-state index contributed by atoms with van der Waals surface area (Å²) < 4.78 is 38.7. The summed E-state index contributed by atoms with van der Waals surface area (Å²) >= 11 is 3.32. The van der Waals surface area contributed by atoms with Gasteiger partial charge in [-0.2, -0.15) is 0 Å². The smallest absolute Gasteiger partial charge is 0.341 e. The Morgan fingerprint density at radius 1 is 1.28 bits per heavy atom. The topological polar surface area (TPSA) is 81.7 Å². The van der Waals surface area contributed by atoms with Crippen LogP contribution in [0.15, 0.2) is 23.1 Å². The molecular weight excluding hydrogens is 477 g/mol. The molecule has 0 bridgehead atoms. The van der Waals surface area contributed by atoms with Gasteiger partial charge in [0, 0.05) is 4.88 Å². The maximum absolute atomic E-state index is 12.7. The first kappa shape index (κ1) is 18.5. The van der Waals surface area contributed by atoms with Crippen LogP contribution < -0.4 is 9.46 Å². The fourth-order valence-corrected chi connectivity index (χ4v) is 6.34. The fraction of sp³-hybridized carbons (Fsp3) is 0.312. The van der Waals surface area contributed by atoms with E-state index in [1.54, 1.807) is 6.07 Å². The van der Waals surface area contributed by atoms with Gasteiger partial charge in [0.25, 0.3) is 10.0 Å². The second kappa shape index (κ2) is 7.12. The zero-order chi connectivity index (χ0) is 18.2. The molecule has 6 nitrogen and oxygen atoms in total. The molecule has 1 N–H and O–H groups in total. The monoisotopic (exact) mass is 493 g/mol. The Kier molecular flexibility index (Phi) is 5.26. The lowest BCUT2D eigenvalue weighted by Gasteiger charge is -2.10. The van der Waals surface area contributed by atoms with E-state index < -0.39 is 16.0 Å². The number of rotatable bonds is 5. The summed E-state index contributed by atoms with van der Waals surface area (Å²) in [5.41, 5.74) is 1.24. The molecule has 0 saturated carbocycles. The van der Waals surface area contributed by atoms with Gasteiger partial charge in [-0.15, -0.1) is 11.3 Å². The summed E-state index contributed by atoms with van der Waals surface area (Å²) in [6.07, 6.45) is 2.58. The minimum absolute atomic E-state index is 0.113. The number of nitrogens with one attached hydrogen (secondary N) is 1. The second-order valence-corrected chi connectivity index (χ2v) is 9.40. The Balaban J connectivity index is 1.99. The number of esters is 1. The Bertz CT molecular complexity index is 936. The zero-order valence-corrected chi connectivity index (χ0v) is 17.4. The number of sulfonamides is 1. The van der Waals surface area contributed by atoms with E-state index in [0.717, 1.165) is 29.7 Å². The van der Waals surface area contributed by atoms with Gasteiger partial charge >= 0.3 is 5.97 Å². The molecule has 0 radical (unpaired) electrons. The molecule has 0 atom stereocenters. The Morgan fingerprint density at radius 2 is 2.04 bits per heavy atom. The highest BCUT2D eigenvalue weighted by Gasteiger charge is 2.29. The number of benzene rings is 1. The fourth-order valence-electron chi connectivity index (χ4n) is 2.79. The lowest BCUT2D eigenvalue weighted by Crippen LogP contribution is -2.15. The molecule has 0 amide bonds. The van der Waals surface area contributed by atoms with Crippen molar-refractivity contribution >= 4 is 54.9 Å². The minimum Gasteiger partial charge on any atom is -0.496 e. The Hall–Kier alpha value is -1.33. The van der Waals surface area contributed by atoms with Gasteiger partial charge in [0.1, 0.15) is 10.8 Å². The van der Waals surface area contributed by atoms with E-state index in [2.05, 4.69) is 4.72 Å². The highest BCUT2D eigenvalue weighted by Crippen LogP contribution is 2.40. The largest absolute Gasteiger partial charge is 0.496 e. The summed E-state index contributed by atoms with van der Waals surface area (Å²) in [6, 6.07) is 4.61. The molecule has 1 aromatic heterocycles. The normalized spacial score (nSPS) is 13.4. The summed E-state index contributed by atoms with van der Waals surface area (Å²) in [4.78, 5) is 13.3. The molecule has 3 rings (SSSR count). The molecule has 9 heteroatoms. The van der Waals surface area contributed by atoms with Crippen LogP contribution in [-0.2, 0) is 27.6 Å². The van der Waals surface area contributed by atoms with Crippen molar-refractivity contribution in [1.29, 1.82) is 0 Å². The van der Waals surface area contributed by atoms with E-state index in [0.29, 0.717) is 19.9 Å². The van der Waals surface area contributed by atoms with E-state index in [9.17, 15) is 13.2 Å². The van der Waals surface area contributed by atoms with Crippen molar-refractivity contribution in [3.63, 3.8) is 0 Å². The summed E-state index contributed by atoms with van der Waals surface area (Å²) in [6.45, 7) is 0. The van der Waals surface area contributed by atoms with Crippen LogP contribution in [0.25, 0.3) is 0 Å². The van der Waals surface area contributed by atoms with Crippen molar-refractivity contribution in [2.75, 3.05) is 18.9 Å². The van der Waals surface area contributed by atoms with Crippen molar-refractivity contribution in [1.82, 2.24) is 0 Å².